The quantitative estimate of drug-likeness (QED) is 0.268. The van der Waals surface area contributed by atoms with Crippen LogP contribution in [0.1, 0.15) is 95.2 Å². The number of hydrogen-bond donors (Lipinski definition) is 2. The fourth-order valence-electron chi connectivity index (χ4n) is 4.07. The maximum absolute atomic E-state index is 10.5. The first-order valence-corrected chi connectivity index (χ1v) is 14.3. The monoisotopic (exact) mass is 627 g/mol. The predicted octanol–water partition coefficient (Wildman–Crippen LogP) is 4.06. The summed E-state index contributed by atoms with van der Waals surface area (Å²) in [7, 11) is 0. The Labute approximate surface area is 262 Å². The minimum absolute atomic E-state index is 0. The molecule has 2 N–H and O–H groups in total. The maximum atomic E-state index is 10.5. The molecule has 0 amide bonds. The van der Waals surface area contributed by atoms with Gasteiger partial charge < -0.3 is 30.0 Å². The van der Waals surface area contributed by atoms with E-state index in [9.17, 15) is 10.2 Å². The van der Waals surface area contributed by atoms with Crippen LogP contribution in [0.4, 0.5) is 0 Å². The van der Waals surface area contributed by atoms with Gasteiger partial charge in [0.25, 0.3) is 0 Å². The van der Waals surface area contributed by atoms with E-state index >= 15 is 0 Å². The van der Waals surface area contributed by atoms with Crippen LogP contribution in [0.3, 0.4) is 0 Å². The fraction of sp³-hybridized carbons (Fsp3) is 0.515. The van der Waals surface area contributed by atoms with Gasteiger partial charge >= 0.3 is 16.8 Å². The molecule has 42 heavy (non-hydrogen) atoms. The molecule has 0 heterocycles. The second-order valence-corrected chi connectivity index (χ2v) is 10.7. The summed E-state index contributed by atoms with van der Waals surface area (Å²) in [6.07, 6.45) is 7.98. The van der Waals surface area contributed by atoms with E-state index in [1.165, 1.54) is 11.1 Å². The number of carboxylic acids is 2. The van der Waals surface area contributed by atoms with E-state index in [1.807, 2.05) is 12.1 Å². The van der Waals surface area contributed by atoms with Gasteiger partial charge in [-0.05, 0) is 92.2 Å². The van der Waals surface area contributed by atoms with Crippen LogP contribution >= 0.6 is 0 Å². The zero-order valence-corrected chi connectivity index (χ0v) is 27.4. The average molecular weight is 628 g/mol. The van der Waals surface area contributed by atoms with Crippen molar-refractivity contribution in [2.45, 2.75) is 87.5 Å². The Kier molecular flexibility index (Phi) is 21.9. The average Bonchev–Trinajstić information content (AvgIpc) is 2.85. The van der Waals surface area contributed by atoms with Crippen LogP contribution in [0.25, 0.3) is 0 Å². The molecule has 0 atom stereocenters. The first kappa shape index (κ1) is 41.0. The summed E-state index contributed by atoms with van der Waals surface area (Å²) in [5.41, 5.74) is 6.04. The number of aliphatic imine (C=N–C) groups is 2. The molecule has 9 heteroatoms. The van der Waals surface area contributed by atoms with Gasteiger partial charge in [-0.3, -0.25) is 9.98 Å². The van der Waals surface area contributed by atoms with Crippen molar-refractivity contribution < 1.29 is 46.8 Å². The molecule has 8 nitrogen and oxygen atoms in total. The number of aryl methyl sites for hydroxylation is 2. The van der Waals surface area contributed by atoms with E-state index in [0.29, 0.717) is 36.4 Å². The minimum Gasteiger partial charge on any atom is -0.550 e. The van der Waals surface area contributed by atoms with E-state index in [4.69, 9.17) is 19.8 Å². The number of benzene rings is 2. The third kappa shape index (κ3) is 18.3. The predicted molar refractivity (Wildman–Crippen MR) is 163 cm³/mol. The summed E-state index contributed by atoms with van der Waals surface area (Å²) in [6.45, 7) is 16.2. The number of hydrogen-bond acceptors (Lipinski definition) is 8. The van der Waals surface area contributed by atoms with Gasteiger partial charge in [-0.25, -0.2) is 0 Å². The van der Waals surface area contributed by atoms with Crippen LogP contribution in [0.15, 0.2) is 34.3 Å². The standard InChI is InChI=1S/C29H42N2O2.2C2H4O2.Co/c1-7-24-14-22(12-20(3)4)16-26(28(24)32)18-30-10-9-11-31-19-27-17-23(13-21(5)6)15-25(8-2)29(27)33;2*1-2(3)4;/h14-21,32-33H,7-13H2,1-6H3;2*1H3,(H,3,4);/q;;;+2/p-2. The third-order valence-corrected chi connectivity index (χ3v) is 5.64. The van der Waals surface area contributed by atoms with Crippen LogP contribution in [0.2, 0.25) is 0 Å². The molecule has 235 valence electrons. The number of aliphatic carboxylic acids is 2. The normalized spacial score (nSPS) is 10.7. The second kappa shape index (κ2) is 22.4. The Morgan fingerprint density at radius 3 is 1.31 bits per heavy atom. The molecule has 0 saturated carbocycles. The first-order valence-electron chi connectivity index (χ1n) is 14.3. The van der Waals surface area contributed by atoms with Gasteiger partial charge in [-0.1, -0.05) is 53.7 Å². The zero-order valence-electron chi connectivity index (χ0n) is 26.3. The van der Waals surface area contributed by atoms with Gasteiger partial charge in [0.2, 0.25) is 0 Å². The van der Waals surface area contributed by atoms with Gasteiger partial charge in [-0.15, -0.1) is 0 Å². The molecule has 2 aromatic carbocycles. The summed E-state index contributed by atoms with van der Waals surface area (Å²) in [5, 5.41) is 38.8. The number of rotatable bonds is 12. The number of nitrogens with zero attached hydrogens (tertiary/aromatic N) is 2. The molecule has 0 fully saturated rings. The molecule has 0 aliphatic carbocycles. The van der Waals surface area contributed by atoms with E-state index in [0.717, 1.165) is 68.2 Å². The van der Waals surface area contributed by atoms with Crippen molar-refractivity contribution in [2.75, 3.05) is 13.1 Å². The van der Waals surface area contributed by atoms with E-state index in [2.05, 4.69) is 63.7 Å². The smallest absolute Gasteiger partial charge is 0.550 e. The molecular weight excluding hydrogens is 579 g/mol. The molecular formula is C33H48CoN2O6. The Morgan fingerprint density at radius 2 is 1.05 bits per heavy atom. The Hall–Kier alpha value is -3.17. The van der Waals surface area contributed by atoms with Crippen molar-refractivity contribution in [3.63, 3.8) is 0 Å². The molecule has 0 aliphatic rings. The molecule has 2 rings (SSSR count). The van der Waals surface area contributed by atoms with Crippen molar-refractivity contribution in [1.82, 2.24) is 0 Å². The van der Waals surface area contributed by atoms with Crippen LogP contribution in [-0.2, 0) is 52.1 Å². The van der Waals surface area contributed by atoms with Gasteiger partial charge in [0.15, 0.2) is 0 Å². The molecule has 0 spiro atoms. The Balaban J connectivity index is 0. The molecule has 2 aromatic rings. The van der Waals surface area contributed by atoms with Crippen molar-refractivity contribution in [3.05, 3.63) is 57.6 Å². The summed E-state index contributed by atoms with van der Waals surface area (Å²) in [5.74, 6) is -0.341. The summed E-state index contributed by atoms with van der Waals surface area (Å²) in [4.78, 5) is 26.8. The third-order valence-electron chi connectivity index (χ3n) is 5.64. The van der Waals surface area contributed by atoms with E-state index in [-0.39, 0.29) is 16.8 Å². The van der Waals surface area contributed by atoms with Crippen molar-refractivity contribution in [2.24, 2.45) is 21.8 Å². The molecule has 0 saturated heterocycles. The number of carbonyl (C=O) groups excluding carboxylic acids is 2. The second-order valence-electron chi connectivity index (χ2n) is 10.7. The maximum Gasteiger partial charge on any atom is 2.00 e. The number of phenolic OH excluding ortho intramolecular Hbond substituents is 2. The van der Waals surface area contributed by atoms with Crippen molar-refractivity contribution >= 4 is 24.4 Å². The first-order chi connectivity index (χ1) is 19.2. The largest absolute Gasteiger partial charge is 2.00 e. The van der Waals surface area contributed by atoms with Gasteiger partial charge in [0.05, 0.1) is 0 Å². The molecule has 0 aromatic heterocycles. The van der Waals surface area contributed by atoms with Crippen LogP contribution in [-0.4, -0.2) is 47.7 Å². The number of carbonyl (C=O) groups is 2. The Bertz CT molecular complexity index is 1060. The van der Waals surface area contributed by atoms with Crippen molar-refractivity contribution in [3.8, 4) is 11.5 Å². The van der Waals surface area contributed by atoms with E-state index in [1.54, 1.807) is 12.4 Å². The number of phenols is 2. The van der Waals surface area contributed by atoms with Crippen LogP contribution in [0.5, 0.6) is 11.5 Å². The SMILES string of the molecule is CC(=O)[O-].CC(=O)[O-].CCc1cc(CC(C)C)cc(C=NCCCN=Cc2cc(CC(C)C)cc(CC)c2O)c1O.[Co+2]. The molecule has 0 unspecified atom stereocenters. The fourth-order valence-corrected chi connectivity index (χ4v) is 4.07. The van der Waals surface area contributed by atoms with Gasteiger partial charge in [-0.2, -0.15) is 0 Å². The molecule has 0 bridgehead atoms. The number of carboxylic acid groups (broad SMARTS) is 2. The summed E-state index contributed by atoms with van der Waals surface area (Å²) in [6, 6.07) is 8.32. The van der Waals surface area contributed by atoms with E-state index < -0.39 is 11.9 Å². The van der Waals surface area contributed by atoms with Crippen LogP contribution < -0.4 is 10.2 Å². The zero-order chi connectivity index (χ0) is 31.5. The van der Waals surface area contributed by atoms with Crippen molar-refractivity contribution in [1.29, 1.82) is 0 Å². The minimum atomic E-state index is -1.08. The summed E-state index contributed by atoms with van der Waals surface area (Å²) >= 11 is 0. The van der Waals surface area contributed by atoms with Crippen LogP contribution in [0, 0.1) is 11.8 Å². The number of aromatic hydroxyl groups is 2. The summed E-state index contributed by atoms with van der Waals surface area (Å²) < 4.78 is 0. The van der Waals surface area contributed by atoms with Gasteiger partial charge in [0, 0.05) is 48.6 Å². The van der Waals surface area contributed by atoms with Gasteiger partial charge in [0.1, 0.15) is 11.5 Å². The molecule has 1 radical (unpaired) electrons. The Morgan fingerprint density at radius 1 is 0.738 bits per heavy atom. The topological polar surface area (TPSA) is 145 Å². The molecule has 0 aliphatic heterocycles.